The van der Waals surface area contributed by atoms with Crippen LogP contribution in [0.4, 0.5) is 5.69 Å². The number of hydrogen-bond donors (Lipinski definition) is 1. The summed E-state index contributed by atoms with van der Waals surface area (Å²) in [5.41, 5.74) is 0.949. The van der Waals surface area contributed by atoms with Crippen molar-refractivity contribution < 1.29 is 14.2 Å². The summed E-state index contributed by atoms with van der Waals surface area (Å²) >= 11 is 0. The number of rotatable bonds is 7. The van der Waals surface area contributed by atoms with Gasteiger partial charge in [-0.3, -0.25) is 0 Å². The predicted molar refractivity (Wildman–Crippen MR) is 62.0 cm³/mol. The SMILES string of the molecule is COCC(CNc1ccnc(OC)c1)OC. The Morgan fingerprint density at radius 2 is 2.19 bits per heavy atom. The molecule has 0 bridgehead atoms. The van der Waals surface area contributed by atoms with Crippen molar-refractivity contribution in [3.8, 4) is 5.88 Å². The van der Waals surface area contributed by atoms with Crippen LogP contribution in [0.2, 0.25) is 0 Å². The van der Waals surface area contributed by atoms with E-state index >= 15 is 0 Å². The van der Waals surface area contributed by atoms with Gasteiger partial charge in [0.2, 0.25) is 5.88 Å². The Balaban J connectivity index is 2.46. The summed E-state index contributed by atoms with van der Waals surface area (Å²) in [7, 11) is 4.91. The first kappa shape index (κ1) is 12.7. The summed E-state index contributed by atoms with van der Waals surface area (Å²) in [5.74, 6) is 0.589. The molecule has 1 N–H and O–H groups in total. The number of ether oxygens (including phenoxy) is 3. The maximum atomic E-state index is 5.23. The van der Waals surface area contributed by atoms with Gasteiger partial charge in [-0.1, -0.05) is 0 Å². The molecule has 0 saturated carbocycles. The van der Waals surface area contributed by atoms with Crippen LogP contribution in [0.15, 0.2) is 18.3 Å². The van der Waals surface area contributed by atoms with E-state index in [1.807, 2.05) is 12.1 Å². The van der Waals surface area contributed by atoms with Crippen molar-refractivity contribution >= 4 is 5.69 Å². The standard InChI is InChI=1S/C11H18N2O3/c1-14-8-10(15-2)7-13-9-4-5-12-11(6-9)16-3/h4-6,10H,7-8H2,1-3H3,(H,12,13). The fourth-order valence-electron chi connectivity index (χ4n) is 1.26. The molecule has 5 heteroatoms. The van der Waals surface area contributed by atoms with Gasteiger partial charge in [0.1, 0.15) is 0 Å². The van der Waals surface area contributed by atoms with E-state index < -0.39 is 0 Å². The average Bonchev–Trinajstić information content (AvgIpc) is 2.34. The Kier molecular flexibility index (Phi) is 5.60. The smallest absolute Gasteiger partial charge is 0.214 e. The molecule has 0 aliphatic rings. The van der Waals surface area contributed by atoms with Gasteiger partial charge < -0.3 is 19.5 Å². The highest BCUT2D eigenvalue weighted by molar-refractivity contribution is 5.45. The van der Waals surface area contributed by atoms with Gasteiger partial charge >= 0.3 is 0 Å². The van der Waals surface area contributed by atoms with Gasteiger partial charge in [-0.05, 0) is 6.07 Å². The molecule has 0 aliphatic heterocycles. The molecule has 1 atom stereocenters. The Labute approximate surface area is 95.7 Å². The highest BCUT2D eigenvalue weighted by atomic mass is 16.5. The minimum Gasteiger partial charge on any atom is -0.481 e. The molecule has 1 unspecified atom stereocenters. The number of methoxy groups -OCH3 is 3. The Hall–Kier alpha value is -1.33. The highest BCUT2D eigenvalue weighted by Crippen LogP contribution is 2.13. The monoisotopic (exact) mass is 226 g/mol. The molecule has 1 heterocycles. The molecule has 0 aromatic carbocycles. The zero-order valence-electron chi connectivity index (χ0n) is 9.90. The van der Waals surface area contributed by atoms with Crippen LogP contribution in [0.3, 0.4) is 0 Å². The van der Waals surface area contributed by atoms with E-state index in [1.54, 1.807) is 27.5 Å². The van der Waals surface area contributed by atoms with Crippen LogP contribution in [-0.2, 0) is 9.47 Å². The second-order valence-electron chi connectivity index (χ2n) is 3.28. The maximum Gasteiger partial charge on any atom is 0.214 e. The molecule has 0 saturated heterocycles. The third kappa shape index (κ3) is 4.04. The lowest BCUT2D eigenvalue weighted by atomic mass is 10.3. The second-order valence-corrected chi connectivity index (χ2v) is 3.28. The van der Waals surface area contributed by atoms with Crippen molar-refractivity contribution in [1.29, 1.82) is 0 Å². The number of nitrogens with one attached hydrogen (secondary N) is 1. The maximum absolute atomic E-state index is 5.23. The van der Waals surface area contributed by atoms with Crippen LogP contribution < -0.4 is 10.1 Å². The van der Waals surface area contributed by atoms with E-state index in [0.29, 0.717) is 19.0 Å². The molecule has 5 nitrogen and oxygen atoms in total. The number of nitrogens with zero attached hydrogens (tertiary/aromatic N) is 1. The minimum atomic E-state index is 0.0316. The third-order valence-corrected chi connectivity index (χ3v) is 2.16. The molecule has 16 heavy (non-hydrogen) atoms. The minimum absolute atomic E-state index is 0.0316. The van der Waals surface area contributed by atoms with E-state index in [9.17, 15) is 0 Å². The molecule has 0 amide bonds. The fourth-order valence-corrected chi connectivity index (χ4v) is 1.26. The second kappa shape index (κ2) is 7.03. The highest BCUT2D eigenvalue weighted by Gasteiger charge is 2.06. The Morgan fingerprint density at radius 3 is 2.81 bits per heavy atom. The van der Waals surface area contributed by atoms with E-state index in [-0.39, 0.29) is 6.10 Å². The van der Waals surface area contributed by atoms with Crippen LogP contribution in [0, 0.1) is 0 Å². The first-order valence-electron chi connectivity index (χ1n) is 5.05. The molecular formula is C11H18N2O3. The molecule has 1 aromatic rings. The van der Waals surface area contributed by atoms with Crippen molar-refractivity contribution in [2.75, 3.05) is 39.8 Å². The molecule has 1 rings (SSSR count). The van der Waals surface area contributed by atoms with Crippen molar-refractivity contribution in [3.05, 3.63) is 18.3 Å². The summed E-state index contributed by atoms with van der Waals surface area (Å²) < 4.78 is 15.3. The van der Waals surface area contributed by atoms with E-state index in [0.717, 1.165) is 5.69 Å². The number of hydrogen-bond acceptors (Lipinski definition) is 5. The summed E-state index contributed by atoms with van der Waals surface area (Å²) in [6.07, 6.45) is 1.73. The summed E-state index contributed by atoms with van der Waals surface area (Å²) in [4.78, 5) is 4.02. The van der Waals surface area contributed by atoms with Crippen LogP contribution in [0.1, 0.15) is 0 Å². The van der Waals surface area contributed by atoms with Crippen LogP contribution in [0.5, 0.6) is 5.88 Å². The lowest BCUT2D eigenvalue weighted by molar-refractivity contribution is 0.0365. The van der Waals surface area contributed by atoms with E-state index in [4.69, 9.17) is 14.2 Å². The number of anilines is 1. The van der Waals surface area contributed by atoms with Gasteiger partial charge in [-0.2, -0.15) is 0 Å². The molecule has 0 spiro atoms. The summed E-state index contributed by atoms with van der Waals surface area (Å²) in [6, 6.07) is 3.71. The zero-order chi connectivity index (χ0) is 11.8. The normalized spacial score (nSPS) is 12.2. The fraction of sp³-hybridized carbons (Fsp3) is 0.545. The van der Waals surface area contributed by atoms with Gasteiger partial charge in [-0.25, -0.2) is 4.98 Å². The van der Waals surface area contributed by atoms with E-state index in [2.05, 4.69) is 10.3 Å². The first-order chi connectivity index (χ1) is 7.80. The van der Waals surface area contributed by atoms with Gasteiger partial charge in [-0.15, -0.1) is 0 Å². The first-order valence-corrected chi connectivity index (χ1v) is 5.05. The topological polar surface area (TPSA) is 52.6 Å². The quantitative estimate of drug-likeness (QED) is 0.756. The van der Waals surface area contributed by atoms with Crippen molar-refractivity contribution in [2.45, 2.75) is 6.10 Å². The number of aromatic nitrogens is 1. The Bertz CT molecular complexity index is 307. The van der Waals surface area contributed by atoms with Gasteiger partial charge in [0, 0.05) is 38.7 Å². The lowest BCUT2D eigenvalue weighted by Crippen LogP contribution is -2.26. The molecule has 0 radical (unpaired) electrons. The average molecular weight is 226 g/mol. The van der Waals surface area contributed by atoms with Gasteiger partial charge in [0.05, 0.1) is 19.8 Å². The Morgan fingerprint density at radius 1 is 1.38 bits per heavy atom. The molecule has 0 fully saturated rings. The largest absolute Gasteiger partial charge is 0.481 e. The molecular weight excluding hydrogens is 208 g/mol. The van der Waals surface area contributed by atoms with E-state index in [1.165, 1.54) is 0 Å². The third-order valence-electron chi connectivity index (χ3n) is 2.16. The van der Waals surface area contributed by atoms with Crippen LogP contribution in [-0.4, -0.2) is 45.6 Å². The molecule has 1 aromatic heterocycles. The number of pyridine rings is 1. The lowest BCUT2D eigenvalue weighted by Gasteiger charge is -2.15. The van der Waals surface area contributed by atoms with Crippen molar-refractivity contribution in [2.24, 2.45) is 0 Å². The van der Waals surface area contributed by atoms with Crippen molar-refractivity contribution in [1.82, 2.24) is 4.98 Å². The summed E-state index contributed by atoms with van der Waals surface area (Å²) in [5, 5.41) is 3.23. The van der Waals surface area contributed by atoms with Crippen molar-refractivity contribution in [3.63, 3.8) is 0 Å². The van der Waals surface area contributed by atoms with Gasteiger partial charge in [0.25, 0.3) is 0 Å². The zero-order valence-corrected chi connectivity index (χ0v) is 9.90. The summed E-state index contributed by atoms with van der Waals surface area (Å²) in [6.45, 7) is 1.24. The van der Waals surface area contributed by atoms with Crippen LogP contribution >= 0.6 is 0 Å². The van der Waals surface area contributed by atoms with Gasteiger partial charge in [0.15, 0.2) is 0 Å². The molecule has 0 aliphatic carbocycles. The molecule has 90 valence electrons. The predicted octanol–water partition coefficient (Wildman–Crippen LogP) is 1.16. The van der Waals surface area contributed by atoms with Crippen LogP contribution in [0.25, 0.3) is 0 Å².